The van der Waals surface area contributed by atoms with Crippen LogP contribution in [0.15, 0.2) is 30.3 Å². The second-order valence-corrected chi connectivity index (χ2v) is 6.68. The first-order chi connectivity index (χ1) is 14.1. The Labute approximate surface area is 177 Å². The van der Waals surface area contributed by atoms with Crippen LogP contribution in [0.25, 0.3) is 0 Å². The van der Waals surface area contributed by atoms with E-state index >= 15 is 0 Å². The fourth-order valence-corrected chi connectivity index (χ4v) is 2.50. The van der Waals surface area contributed by atoms with E-state index in [4.69, 9.17) is 10.8 Å². The normalized spacial score (nSPS) is 13.4. The molecule has 1 aromatic rings. The maximum Gasteiger partial charge on any atom is 0.326 e. The molecule has 1 aromatic carbocycles. The molecule has 3 amide bonds. The van der Waals surface area contributed by atoms with E-state index < -0.39 is 60.8 Å². The molecule has 3 unspecified atom stereocenters. The third kappa shape index (κ3) is 8.92. The summed E-state index contributed by atoms with van der Waals surface area (Å²) in [5.74, 6) is -5.12. The lowest BCUT2D eigenvalue weighted by atomic mass is 10.1. The van der Waals surface area contributed by atoms with Crippen molar-refractivity contribution in [2.24, 2.45) is 5.73 Å². The van der Waals surface area contributed by atoms with Crippen LogP contribution in [0.1, 0.15) is 12.0 Å². The number of amides is 3. The summed E-state index contributed by atoms with van der Waals surface area (Å²) in [4.78, 5) is 58.4. The summed E-state index contributed by atoms with van der Waals surface area (Å²) in [6.45, 7) is -0.609. The first-order valence-corrected chi connectivity index (χ1v) is 9.49. The Morgan fingerprint density at radius 2 is 1.60 bits per heavy atom. The number of nitrogens with one attached hydrogen (secondary N) is 3. The molecule has 7 N–H and O–H groups in total. The van der Waals surface area contributed by atoms with Crippen LogP contribution in [0.4, 0.5) is 0 Å². The minimum Gasteiger partial charge on any atom is -0.481 e. The van der Waals surface area contributed by atoms with E-state index in [1.807, 2.05) is 0 Å². The number of hydrogen-bond acceptors (Lipinski definition) is 7. The number of hydrogen-bond donors (Lipinski definition) is 7. The Morgan fingerprint density at radius 1 is 0.967 bits per heavy atom. The average Bonchev–Trinajstić information content (AvgIpc) is 2.70. The lowest BCUT2D eigenvalue weighted by Gasteiger charge is -2.19. The summed E-state index contributed by atoms with van der Waals surface area (Å²) in [7, 11) is 0. The molecule has 164 valence electrons. The van der Waals surface area contributed by atoms with Crippen LogP contribution in [-0.4, -0.2) is 70.3 Å². The lowest BCUT2D eigenvalue weighted by Crippen LogP contribution is -2.54. The van der Waals surface area contributed by atoms with Crippen LogP contribution >= 0.6 is 12.6 Å². The molecule has 12 heteroatoms. The number of rotatable bonds is 12. The predicted octanol–water partition coefficient (Wildman–Crippen LogP) is -1.87. The summed E-state index contributed by atoms with van der Waals surface area (Å²) in [5, 5.41) is 24.8. The molecule has 0 saturated carbocycles. The fraction of sp³-hybridized carbons (Fsp3) is 0.389. The molecule has 1 rings (SSSR count). The van der Waals surface area contributed by atoms with Crippen molar-refractivity contribution >= 4 is 42.3 Å². The predicted molar refractivity (Wildman–Crippen MR) is 109 cm³/mol. The Hall–Kier alpha value is -3.12. The van der Waals surface area contributed by atoms with Gasteiger partial charge in [-0.1, -0.05) is 30.3 Å². The highest BCUT2D eigenvalue weighted by Crippen LogP contribution is 2.03. The molecule has 11 nitrogen and oxygen atoms in total. The number of carbonyl (C=O) groups is 5. The van der Waals surface area contributed by atoms with Crippen LogP contribution in [0.3, 0.4) is 0 Å². The molecule has 0 heterocycles. The maximum atomic E-state index is 12.2. The zero-order chi connectivity index (χ0) is 22.7. The van der Waals surface area contributed by atoms with Gasteiger partial charge in [0.25, 0.3) is 0 Å². The monoisotopic (exact) mass is 440 g/mol. The van der Waals surface area contributed by atoms with E-state index in [9.17, 15) is 29.1 Å². The molecule has 0 fully saturated rings. The van der Waals surface area contributed by atoms with Gasteiger partial charge in [-0.15, -0.1) is 0 Å². The first kappa shape index (κ1) is 24.9. The summed E-state index contributed by atoms with van der Waals surface area (Å²) < 4.78 is 0. The van der Waals surface area contributed by atoms with E-state index in [-0.39, 0.29) is 12.2 Å². The van der Waals surface area contributed by atoms with Crippen molar-refractivity contribution in [3.8, 4) is 0 Å². The first-order valence-electron chi connectivity index (χ1n) is 8.86. The van der Waals surface area contributed by atoms with E-state index in [1.165, 1.54) is 0 Å². The van der Waals surface area contributed by atoms with Crippen molar-refractivity contribution in [3.05, 3.63) is 35.9 Å². The number of thiol groups is 1. The van der Waals surface area contributed by atoms with Gasteiger partial charge in [-0.25, -0.2) is 4.79 Å². The molecule has 0 saturated heterocycles. The van der Waals surface area contributed by atoms with Crippen molar-refractivity contribution in [2.45, 2.75) is 31.0 Å². The van der Waals surface area contributed by atoms with Crippen molar-refractivity contribution in [2.75, 3.05) is 12.3 Å². The average molecular weight is 440 g/mol. The molecule has 0 aromatic heterocycles. The molecule has 0 aliphatic rings. The number of aliphatic carboxylic acids is 2. The van der Waals surface area contributed by atoms with E-state index in [0.29, 0.717) is 5.56 Å². The Kier molecular flexibility index (Phi) is 10.3. The van der Waals surface area contributed by atoms with Gasteiger partial charge in [0.2, 0.25) is 17.7 Å². The van der Waals surface area contributed by atoms with Crippen molar-refractivity contribution in [1.82, 2.24) is 16.0 Å². The highest BCUT2D eigenvalue weighted by atomic mass is 32.1. The van der Waals surface area contributed by atoms with Gasteiger partial charge in [0, 0.05) is 12.2 Å². The Bertz CT molecular complexity index is 775. The summed E-state index contributed by atoms with van der Waals surface area (Å²) >= 11 is 3.85. The van der Waals surface area contributed by atoms with Gasteiger partial charge in [0.1, 0.15) is 12.1 Å². The lowest BCUT2D eigenvalue weighted by molar-refractivity contribution is -0.142. The number of carboxylic acid groups (broad SMARTS) is 2. The van der Waals surface area contributed by atoms with Gasteiger partial charge in [0.15, 0.2) is 0 Å². The minimum absolute atomic E-state index is 0.0202. The molecule has 0 aliphatic carbocycles. The number of nitrogens with two attached hydrogens (primary N) is 1. The smallest absolute Gasteiger partial charge is 0.326 e. The number of benzene rings is 1. The van der Waals surface area contributed by atoms with Crippen LogP contribution < -0.4 is 21.7 Å². The van der Waals surface area contributed by atoms with E-state index in [2.05, 4.69) is 28.6 Å². The largest absolute Gasteiger partial charge is 0.481 e. The molecule has 0 bridgehead atoms. The third-order valence-corrected chi connectivity index (χ3v) is 4.28. The van der Waals surface area contributed by atoms with Crippen LogP contribution in [0.5, 0.6) is 0 Å². The number of carbonyl (C=O) groups excluding carboxylic acids is 3. The van der Waals surface area contributed by atoms with Gasteiger partial charge in [-0.05, 0) is 5.56 Å². The number of carboxylic acids is 2. The SMILES string of the molecule is NC(CS)C(=O)NC(CC(=O)O)C(=O)NCC(=O)NC(Cc1ccccc1)C(=O)O. The van der Waals surface area contributed by atoms with Crippen LogP contribution in [0.2, 0.25) is 0 Å². The summed E-state index contributed by atoms with van der Waals surface area (Å²) in [6, 6.07) is 4.91. The van der Waals surface area contributed by atoms with Crippen molar-refractivity contribution in [3.63, 3.8) is 0 Å². The molecule has 0 radical (unpaired) electrons. The molecular weight excluding hydrogens is 416 g/mol. The fourth-order valence-electron chi connectivity index (χ4n) is 2.33. The maximum absolute atomic E-state index is 12.2. The van der Waals surface area contributed by atoms with E-state index in [0.717, 1.165) is 0 Å². The van der Waals surface area contributed by atoms with Gasteiger partial charge in [-0.2, -0.15) is 12.6 Å². The molecule has 0 aliphatic heterocycles. The minimum atomic E-state index is -1.46. The van der Waals surface area contributed by atoms with Crippen LogP contribution in [0, 0.1) is 0 Å². The summed E-state index contributed by atoms with van der Waals surface area (Å²) in [5.41, 5.74) is 6.17. The highest BCUT2D eigenvalue weighted by Gasteiger charge is 2.26. The summed E-state index contributed by atoms with van der Waals surface area (Å²) in [6.07, 6.45) is -0.695. The van der Waals surface area contributed by atoms with Gasteiger partial charge >= 0.3 is 11.9 Å². The Balaban J connectivity index is 2.65. The molecule has 30 heavy (non-hydrogen) atoms. The standard InChI is InChI=1S/C18H24N4O7S/c19-11(9-30)16(26)22-12(7-15(24)25)17(27)20-8-14(23)21-13(18(28)29)6-10-4-2-1-3-5-10/h1-5,11-13,30H,6-9,19H2,(H,20,27)(H,21,23)(H,22,26)(H,24,25)(H,28,29). The molecular formula is C18H24N4O7S. The third-order valence-electron chi connectivity index (χ3n) is 3.88. The highest BCUT2D eigenvalue weighted by molar-refractivity contribution is 7.80. The van der Waals surface area contributed by atoms with Crippen molar-refractivity contribution in [1.29, 1.82) is 0 Å². The Morgan fingerprint density at radius 3 is 2.13 bits per heavy atom. The second kappa shape index (κ2) is 12.4. The zero-order valence-corrected chi connectivity index (χ0v) is 16.8. The molecule has 3 atom stereocenters. The van der Waals surface area contributed by atoms with Gasteiger partial charge in [-0.3, -0.25) is 19.2 Å². The van der Waals surface area contributed by atoms with Crippen LogP contribution in [-0.2, 0) is 30.4 Å². The quantitative estimate of drug-likeness (QED) is 0.184. The second-order valence-electron chi connectivity index (χ2n) is 6.31. The zero-order valence-electron chi connectivity index (χ0n) is 15.9. The molecule has 0 spiro atoms. The van der Waals surface area contributed by atoms with Gasteiger partial charge < -0.3 is 31.9 Å². The van der Waals surface area contributed by atoms with Crippen molar-refractivity contribution < 1.29 is 34.2 Å². The van der Waals surface area contributed by atoms with E-state index in [1.54, 1.807) is 30.3 Å². The van der Waals surface area contributed by atoms with Gasteiger partial charge in [0.05, 0.1) is 19.0 Å². The topological polar surface area (TPSA) is 188 Å².